The normalized spacial score (nSPS) is 17.2. The highest BCUT2D eigenvalue weighted by molar-refractivity contribution is 14.0. The highest BCUT2D eigenvalue weighted by atomic mass is 127. The maximum Gasteiger partial charge on any atom is 0.191 e. The highest BCUT2D eigenvalue weighted by Crippen LogP contribution is 2.12. The number of aryl methyl sites for hydroxylation is 1. The molecule has 0 bridgehead atoms. The minimum Gasteiger partial charge on any atom is -0.356 e. The van der Waals surface area contributed by atoms with Crippen LogP contribution >= 0.6 is 35.3 Å². The Kier molecular flexibility index (Phi) is 9.38. The minimum absolute atomic E-state index is 0. The Labute approximate surface area is 161 Å². The first-order valence-electron chi connectivity index (χ1n) is 8.20. The number of guanidine groups is 1. The molecular formula is C16H30IN5S. The van der Waals surface area contributed by atoms with E-state index in [-0.39, 0.29) is 24.0 Å². The van der Waals surface area contributed by atoms with E-state index in [0.29, 0.717) is 12.1 Å². The predicted octanol–water partition coefficient (Wildman–Crippen LogP) is 2.65. The number of halogens is 1. The molecule has 7 heteroatoms. The Bertz CT molecular complexity index is 481. The molecule has 2 rings (SSSR count). The quantitative estimate of drug-likeness (QED) is 0.411. The number of rotatable bonds is 5. The van der Waals surface area contributed by atoms with Crippen LogP contribution in [0.1, 0.15) is 37.4 Å². The lowest BCUT2D eigenvalue weighted by Crippen LogP contribution is -2.50. The monoisotopic (exact) mass is 451 g/mol. The van der Waals surface area contributed by atoms with Crippen molar-refractivity contribution in [2.45, 2.75) is 52.1 Å². The Hall–Kier alpha value is -0.410. The molecule has 0 amide bonds. The van der Waals surface area contributed by atoms with Gasteiger partial charge in [0, 0.05) is 50.6 Å². The van der Waals surface area contributed by atoms with Gasteiger partial charge in [0.2, 0.25) is 0 Å². The second-order valence-corrected chi connectivity index (χ2v) is 7.22. The van der Waals surface area contributed by atoms with Crippen molar-refractivity contribution in [2.24, 2.45) is 4.99 Å². The third-order valence-corrected chi connectivity index (χ3v) is 4.99. The van der Waals surface area contributed by atoms with Crippen LogP contribution in [0.15, 0.2) is 10.4 Å². The van der Waals surface area contributed by atoms with Crippen LogP contribution in [0.25, 0.3) is 0 Å². The molecule has 0 unspecified atom stereocenters. The van der Waals surface area contributed by atoms with Gasteiger partial charge in [0.15, 0.2) is 5.96 Å². The first-order chi connectivity index (χ1) is 10.6. The molecule has 0 aromatic carbocycles. The van der Waals surface area contributed by atoms with E-state index in [4.69, 9.17) is 0 Å². The zero-order valence-corrected chi connectivity index (χ0v) is 17.8. The first-order valence-corrected chi connectivity index (χ1v) is 9.08. The molecular weight excluding hydrogens is 421 g/mol. The van der Waals surface area contributed by atoms with E-state index in [9.17, 15) is 0 Å². The molecule has 0 aliphatic carbocycles. The van der Waals surface area contributed by atoms with Crippen LogP contribution in [-0.2, 0) is 6.42 Å². The fourth-order valence-electron chi connectivity index (χ4n) is 2.78. The number of piperidine rings is 1. The number of aromatic nitrogens is 1. The summed E-state index contributed by atoms with van der Waals surface area (Å²) in [5.74, 6) is 0.912. The number of likely N-dealkylation sites (tertiary alicyclic amines) is 1. The molecule has 0 saturated carbocycles. The lowest BCUT2D eigenvalue weighted by atomic mass is 10.0. The largest absolute Gasteiger partial charge is 0.356 e. The van der Waals surface area contributed by atoms with E-state index < -0.39 is 0 Å². The molecule has 5 nitrogen and oxygen atoms in total. The van der Waals surface area contributed by atoms with Gasteiger partial charge in [-0.05, 0) is 33.6 Å². The van der Waals surface area contributed by atoms with Gasteiger partial charge in [0.25, 0.3) is 0 Å². The second kappa shape index (κ2) is 10.5. The van der Waals surface area contributed by atoms with E-state index in [1.807, 2.05) is 14.0 Å². The van der Waals surface area contributed by atoms with Gasteiger partial charge < -0.3 is 15.5 Å². The average molecular weight is 451 g/mol. The third-order valence-electron chi connectivity index (χ3n) is 4.16. The number of nitrogens with one attached hydrogen (secondary N) is 2. The standard InChI is InChI=1S/C16H29N5S.HI/c1-12(2)21-9-6-14(7-10-21)20-16(17-4)18-8-5-15-11-22-13(3)19-15;/h11-12,14H,5-10H2,1-4H3,(H2,17,18,20);1H. The van der Waals surface area contributed by atoms with Crippen LogP contribution in [0.3, 0.4) is 0 Å². The third kappa shape index (κ3) is 6.93. The van der Waals surface area contributed by atoms with E-state index in [0.717, 1.165) is 29.6 Å². The van der Waals surface area contributed by atoms with Gasteiger partial charge in [0.1, 0.15) is 0 Å². The highest BCUT2D eigenvalue weighted by Gasteiger charge is 2.21. The summed E-state index contributed by atoms with van der Waals surface area (Å²) in [6, 6.07) is 1.18. The molecule has 0 atom stereocenters. The van der Waals surface area contributed by atoms with Crippen LogP contribution in [0.2, 0.25) is 0 Å². The molecule has 1 aliphatic rings. The molecule has 1 aromatic rings. The van der Waals surface area contributed by atoms with Crippen LogP contribution in [0, 0.1) is 6.92 Å². The topological polar surface area (TPSA) is 52.6 Å². The number of aliphatic imine (C=N–C) groups is 1. The Morgan fingerprint density at radius 1 is 1.43 bits per heavy atom. The fraction of sp³-hybridized carbons (Fsp3) is 0.750. The summed E-state index contributed by atoms with van der Waals surface area (Å²) in [6.07, 6.45) is 3.31. The summed E-state index contributed by atoms with van der Waals surface area (Å²) in [4.78, 5) is 11.4. The molecule has 2 heterocycles. The van der Waals surface area contributed by atoms with Crippen LogP contribution in [0.4, 0.5) is 0 Å². The van der Waals surface area contributed by atoms with Crippen LogP contribution in [-0.4, -0.2) is 54.6 Å². The molecule has 1 aliphatic heterocycles. The van der Waals surface area contributed by atoms with Crippen molar-refractivity contribution in [1.82, 2.24) is 20.5 Å². The summed E-state index contributed by atoms with van der Waals surface area (Å²) < 4.78 is 0. The van der Waals surface area contributed by atoms with Gasteiger partial charge in [-0.15, -0.1) is 35.3 Å². The molecule has 1 fully saturated rings. The van der Waals surface area contributed by atoms with Crippen molar-refractivity contribution in [3.05, 3.63) is 16.1 Å². The van der Waals surface area contributed by atoms with Crippen molar-refractivity contribution in [1.29, 1.82) is 0 Å². The summed E-state index contributed by atoms with van der Waals surface area (Å²) >= 11 is 1.71. The van der Waals surface area contributed by atoms with Crippen molar-refractivity contribution in [3.8, 4) is 0 Å². The van der Waals surface area contributed by atoms with Gasteiger partial charge in [-0.1, -0.05) is 0 Å². The van der Waals surface area contributed by atoms with Crippen LogP contribution in [0.5, 0.6) is 0 Å². The van der Waals surface area contributed by atoms with Gasteiger partial charge >= 0.3 is 0 Å². The fourth-order valence-corrected chi connectivity index (χ4v) is 3.43. The first kappa shape index (κ1) is 20.6. The maximum atomic E-state index is 4.49. The van der Waals surface area contributed by atoms with Crippen LogP contribution < -0.4 is 10.6 Å². The summed E-state index contributed by atoms with van der Waals surface area (Å²) in [5.41, 5.74) is 1.16. The smallest absolute Gasteiger partial charge is 0.191 e. The predicted molar refractivity (Wildman–Crippen MR) is 110 cm³/mol. The molecule has 2 N–H and O–H groups in total. The number of hydrogen-bond donors (Lipinski definition) is 2. The van der Waals surface area contributed by atoms with Gasteiger partial charge in [0.05, 0.1) is 10.7 Å². The molecule has 0 spiro atoms. The molecule has 0 radical (unpaired) electrons. The minimum atomic E-state index is 0. The summed E-state index contributed by atoms with van der Waals surface area (Å²) in [6.45, 7) is 9.80. The maximum absolute atomic E-state index is 4.49. The zero-order valence-electron chi connectivity index (χ0n) is 14.6. The number of hydrogen-bond acceptors (Lipinski definition) is 4. The molecule has 132 valence electrons. The lowest BCUT2D eigenvalue weighted by molar-refractivity contribution is 0.167. The zero-order chi connectivity index (χ0) is 15.9. The number of nitrogens with zero attached hydrogens (tertiary/aromatic N) is 3. The van der Waals surface area contributed by atoms with E-state index >= 15 is 0 Å². The SMILES string of the molecule is CN=C(NCCc1csc(C)n1)NC1CCN(C(C)C)CC1.I. The van der Waals surface area contributed by atoms with Crippen molar-refractivity contribution >= 4 is 41.3 Å². The van der Waals surface area contributed by atoms with Gasteiger partial charge in [-0.3, -0.25) is 4.99 Å². The average Bonchev–Trinajstić information content (AvgIpc) is 2.92. The van der Waals surface area contributed by atoms with Crippen molar-refractivity contribution in [2.75, 3.05) is 26.7 Å². The van der Waals surface area contributed by atoms with Crippen molar-refractivity contribution in [3.63, 3.8) is 0 Å². The number of thiazole rings is 1. The van der Waals surface area contributed by atoms with E-state index in [1.54, 1.807) is 11.3 Å². The second-order valence-electron chi connectivity index (χ2n) is 6.16. The van der Waals surface area contributed by atoms with E-state index in [1.165, 1.54) is 25.9 Å². The summed E-state index contributed by atoms with van der Waals surface area (Å²) in [7, 11) is 1.84. The molecule has 23 heavy (non-hydrogen) atoms. The lowest BCUT2D eigenvalue weighted by Gasteiger charge is -2.35. The van der Waals surface area contributed by atoms with E-state index in [2.05, 4.69) is 44.7 Å². The summed E-state index contributed by atoms with van der Waals surface area (Å²) in [5, 5.41) is 10.2. The molecule has 1 saturated heterocycles. The Morgan fingerprint density at radius 3 is 2.65 bits per heavy atom. The Balaban J connectivity index is 0.00000264. The van der Waals surface area contributed by atoms with Crippen molar-refractivity contribution < 1.29 is 0 Å². The Morgan fingerprint density at radius 2 is 2.13 bits per heavy atom. The van der Waals surface area contributed by atoms with Gasteiger partial charge in [-0.25, -0.2) is 4.98 Å². The molecule has 1 aromatic heterocycles. The van der Waals surface area contributed by atoms with Gasteiger partial charge in [-0.2, -0.15) is 0 Å².